The van der Waals surface area contributed by atoms with E-state index in [4.69, 9.17) is 0 Å². The van der Waals surface area contributed by atoms with Crippen molar-refractivity contribution >= 4 is 0 Å². The molecule has 94 valence electrons. The zero-order valence-electron chi connectivity index (χ0n) is 11.5. The Balaban J connectivity index is 2.57. The molecule has 2 heteroatoms. The van der Waals surface area contributed by atoms with Crippen LogP contribution < -0.4 is 5.32 Å². The van der Waals surface area contributed by atoms with Crippen molar-refractivity contribution in [3.8, 4) is 0 Å². The first-order valence-electron chi connectivity index (χ1n) is 6.55. The van der Waals surface area contributed by atoms with E-state index in [1.54, 1.807) is 0 Å². The van der Waals surface area contributed by atoms with E-state index in [1.165, 1.54) is 37.9 Å². The number of rotatable bonds is 6. The number of hydrogen-bond acceptors (Lipinski definition) is 2. The Morgan fingerprint density at radius 1 is 1.38 bits per heavy atom. The molecule has 1 aliphatic heterocycles. The highest BCUT2D eigenvalue weighted by Gasteiger charge is 2.35. The summed E-state index contributed by atoms with van der Waals surface area (Å²) in [4.78, 5) is 2.63. The minimum Gasteiger partial charge on any atom is -0.315 e. The third-order valence-corrected chi connectivity index (χ3v) is 3.98. The maximum Gasteiger partial charge on any atom is 0.0306 e. The van der Waals surface area contributed by atoms with Gasteiger partial charge < -0.3 is 5.32 Å². The quantitative estimate of drug-likeness (QED) is 0.698. The molecule has 1 unspecified atom stereocenters. The zero-order valence-corrected chi connectivity index (χ0v) is 11.5. The fourth-order valence-corrected chi connectivity index (χ4v) is 2.76. The molecule has 0 aromatic carbocycles. The number of allylic oxidation sites excluding steroid dienone is 1. The van der Waals surface area contributed by atoms with E-state index in [9.17, 15) is 0 Å². The Labute approximate surface area is 101 Å². The highest BCUT2D eigenvalue weighted by molar-refractivity contribution is 4.98. The zero-order chi connectivity index (χ0) is 12.2. The molecule has 1 fully saturated rings. The normalized spacial score (nSPS) is 20.0. The minimum atomic E-state index is 0.265. The van der Waals surface area contributed by atoms with Crippen LogP contribution in [0.5, 0.6) is 0 Å². The molecule has 2 nitrogen and oxygen atoms in total. The third-order valence-electron chi connectivity index (χ3n) is 3.98. The standard InChI is InChI=1S/C14H28N2/c1-12(2)8-9-13(15-5)14(3,4)16-10-6-7-11-16/h13,15H,1,6-11H2,2-5H3. The van der Waals surface area contributed by atoms with Crippen molar-refractivity contribution in [3.05, 3.63) is 12.2 Å². The maximum atomic E-state index is 4.00. The van der Waals surface area contributed by atoms with Crippen LogP contribution in [0.1, 0.15) is 46.5 Å². The topological polar surface area (TPSA) is 15.3 Å². The van der Waals surface area contributed by atoms with Gasteiger partial charge in [-0.25, -0.2) is 0 Å². The van der Waals surface area contributed by atoms with Gasteiger partial charge in [-0.05, 0) is 66.6 Å². The van der Waals surface area contributed by atoms with E-state index >= 15 is 0 Å². The highest BCUT2D eigenvalue weighted by atomic mass is 15.2. The van der Waals surface area contributed by atoms with Crippen LogP contribution >= 0.6 is 0 Å². The molecule has 0 aromatic heterocycles. The second-order valence-electron chi connectivity index (χ2n) is 5.68. The molecular formula is C14H28N2. The van der Waals surface area contributed by atoms with E-state index in [0.29, 0.717) is 6.04 Å². The van der Waals surface area contributed by atoms with Gasteiger partial charge in [0, 0.05) is 11.6 Å². The van der Waals surface area contributed by atoms with Gasteiger partial charge in [0.15, 0.2) is 0 Å². The number of likely N-dealkylation sites (N-methyl/N-ethyl adjacent to an activating group) is 1. The van der Waals surface area contributed by atoms with Gasteiger partial charge in [-0.2, -0.15) is 0 Å². The van der Waals surface area contributed by atoms with E-state index in [-0.39, 0.29) is 5.54 Å². The number of hydrogen-bond donors (Lipinski definition) is 1. The second kappa shape index (κ2) is 5.83. The predicted octanol–water partition coefficient (Wildman–Crippen LogP) is 2.81. The summed E-state index contributed by atoms with van der Waals surface area (Å²) in [7, 11) is 2.08. The Morgan fingerprint density at radius 2 is 1.94 bits per heavy atom. The van der Waals surface area contributed by atoms with Crippen molar-refractivity contribution in [2.75, 3.05) is 20.1 Å². The van der Waals surface area contributed by atoms with Gasteiger partial charge in [0.2, 0.25) is 0 Å². The molecule has 0 radical (unpaired) electrons. The molecule has 0 aliphatic carbocycles. The first kappa shape index (κ1) is 13.7. The summed E-state index contributed by atoms with van der Waals surface area (Å²) in [5.74, 6) is 0. The SMILES string of the molecule is C=C(C)CCC(NC)C(C)(C)N1CCCC1. The molecular weight excluding hydrogens is 196 g/mol. The fraction of sp³-hybridized carbons (Fsp3) is 0.857. The van der Waals surface area contributed by atoms with Crippen LogP contribution in [-0.2, 0) is 0 Å². The van der Waals surface area contributed by atoms with E-state index in [0.717, 1.165) is 6.42 Å². The summed E-state index contributed by atoms with van der Waals surface area (Å²) >= 11 is 0. The van der Waals surface area contributed by atoms with Gasteiger partial charge >= 0.3 is 0 Å². The fourth-order valence-electron chi connectivity index (χ4n) is 2.76. The molecule has 0 aromatic rings. The Hall–Kier alpha value is -0.340. The monoisotopic (exact) mass is 224 g/mol. The van der Waals surface area contributed by atoms with Crippen LogP contribution in [0.3, 0.4) is 0 Å². The summed E-state index contributed by atoms with van der Waals surface area (Å²) < 4.78 is 0. The summed E-state index contributed by atoms with van der Waals surface area (Å²) in [6.45, 7) is 13.4. The number of nitrogens with zero attached hydrogens (tertiary/aromatic N) is 1. The van der Waals surface area contributed by atoms with Crippen LogP contribution in [0.25, 0.3) is 0 Å². The molecule has 0 spiro atoms. The van der Waals surface area contributed by atoms with E-state index < -0.39 is 0 Å². The molecule has 1 aliphatic rings. The summed E-state index contributed by atoms with van der Waals surface area (Å²) in [5, 5.41) is 3.49. The molecule has 1 rings (SSSR count). The van der Waals surface area contributed by atoms with Crippen molar-refractivity contribution in [2.24, 2.45) is 0 Å². The molecule has 1 atom stereocenters. The lowest BCUT2D eigenvalue weighted by Gasteiger charge is -2.42. The lowest BCUT2D eigenvalue weighted by Crippen LogP contribution is -2.56. The highest BCUT2D eigenvalue weighted by Crippen LogP contribution is 2.26. The van der Waals surface area contributed by atoms with Crippen molar-refractivity contribution in [1.82, 2.24) is 10.2 Å². The van der Waals surface area contributed by atoms with E-state index in [2.05, 4.69) is 44.6 Å². The first-order chi connectivity index (χ1) is 7.48. The Morgan fingerprint density at radius 3 is 2.38 bits per heavy atom. The largest absolute Gasteiger partial charge is 0.315 e. The van der Waals surface area contributed by atoms with Crippen molar-refractivity contribution in [1.29, 1.82) is 0 Å². The van der Waals surface area contributed by atoms with Crippen molar-refractivity contribution in [3.63, 3.8) is 0 Å². The second-order valence-corrected chi connectivity index (χ2v) is 5.68. The minimum absolute atomic E-state index is 0.265. The number of nitrogens with one attached hydrogen (secondary N) is 1. The van der Waals surface area contributed by atoms with Crippen LogP contribution in [0.4, 0.5) is 0 Å². The lowest BCUT2D eigenvalue weighted by molar-refractivity contribution is 0.106. The van der Waals surface area contributed by atoms with Gasteiger partial charge in [0.1, 0.15) is 0 Å². The van der Waals surface area contributed by atoms with Gasteiger partial charge in [-0.3, -0.25) is 4.90 Å². The van der Waals surface area contributed by atoms with Crippen molar-refractivity contribution < 1.29 is 0 Å². The van der Waals surface area contributed by atoms with Gasteiger partial charge in [0.25, 0.3) is 0 Å². The molecule has 0 saturated carbocycles. The van der Waals surface area contributed by atoms with E-state index in [1.807, 2.05) is 0 Å². The Kier molecular flexibility index (Phi) is 5.00. The summed E-state index contributed by atoms with van der Waals surface area (Å²) in [6.07, 6.45) is 5.04. The van der Waals surface area contributed by atoms with Crippen LogP contribution in [0.15, 0.2) is 12.2 Å². The van der Waals surface area contributed by atoms with Crippen LogP contribution in [0.2, 0.25) is 0 Å². The summed E-state index contributed by atoms with van der Waals surface area (Å²) in [5.41, 5.74) is 1.55. The van der Waals surface area contributed by atoms with Crippen LogP contribution in [-0.4, -0.2) is 36.6 Å². The van der Waals surface area contributed by atoms with Gasteiger partial charge in [-0.1, -0.05) is 5.57 Å². The first-order valence-corrected chi connectivity index (χ1v) is 6.55. The smallest absolute Gasteiger partial charge is 0.0306 e. The predicted molar refractivity (Wildman–Crippen MR) is 71.8 cm³/mol. The molecule has 1 N–H and O–H groups in total. The Bertz CT molecular complexity index is 227. The maximum absolute atomic E-state index is 4.00. The van der Waals surface area contributed by atoms with Gasteiger partial charge in [0.05, 0.1) is 0 Å². The van der Waals surface area contributed by atoms with Gasteiger partial charge in [-0.15, -0.1) is 6.58 Å². The third kappa shape index (κ3) is 3.33. The molecule has 1 saturated heterocycles. The molecule has 16 heavy (non-hydrogen) atoms. The van der Waals surface area contributed by atoms with Crippen LogP contribution in [0, 0.1) is 0 Å². The molecule has 0 amide bonds. The average molecular weight is 224 g/mol. The van der Waals surface area contributed by atoms with Crippen molar-refractivity contribution in [2.45, 2.75) is 58.0 Å². The number of likely N-dealkylation sites (tertiary alicyclic amines) is 1. The average Bonchev–Trinajstić information content (AvgIpc) is 2.70. The molecule has 1 heterocycles. The molecule has 0 bridgehead atoms. The lowest BCUT2D eigenvalue weighted by atomic mass is 9.88. The summed E-state index contributed by atoms with van der Waals surface area (Å²) in [6, 6.07) is 0.558.